The molecule has 1 aromatic rings. The summed E-state index contributed by atoms with van der Waals surface area (Å²) in [7, 11) is 1.87. The van der Waals surface area contributed by atoms with Crippen LogP contribution in [0.3, 0.4) is 0 Å². The molecule has 0 fully saturated rings. The van der Waals surface area contributed by atoms with E-state index in [0.717, 1.165) is 6.54 Å². The van der Waals surface area contributed by atoms with Gasteiger partial charge in [-0.15, -0.1) is 0 Å². The normalized spacial score (nSPS) is 10.4. The van der Waals surface area contributed by atoms with E-state index in [1.165, 1.54) is 6.07 Å². The maximum absolute atomic E-state index is 13.3. The van der Waals surface area contributed by atoms with Gasteiger partial charge in [-0.1, -0.05) is 11.6 Å². The molecule has 0 aliphatic carbocycles. The van der Waals surface area contributed by atoms with Crippen LogP contribution < -0.4 is 4.90 Å². The predicted octanol–water partition coefficient (Wildman–Crippen LogP) is 3.15. The number of halogens is 2. The van der Waals surface area contributed by atoms with E-state index in [1.54, 1.807) is 13.0 Å². The van der Waals surface area contributed by atoms with Crippen LogP contribution in [0.4, 0.5) is 10.1 Å². The Labute approximate surface area is 94.3 Å². The first-order valence-corrected chi connectivity index (χ1v) is 5.35. The summed E-state index contributed by atoms with van der Waals surface area (Å²) in [6.45, 7) is 2.44. The molecule has 0 amide bonds. The van der Waals surface area contributed by atoms with Crippen LogP contribution in [0.2, 0.25) is 5.02 Å². The van der Waals surface area contributed by atoms with E-state index < -0.39 is 0 Å². The molecule has 0 aliphatic rings. The molecule has 0 saturated heterocycles. The number of hydrogen-bond donors (Lipinski definition) is 1. The monoisotopic (exact) mass is 233 g/mol. The summed E-state index contributed by atoms with van der Waals surface area (Å²) >= 11 is 10.1. The molecule has 78 valence electrons. The molecule has 4 heteroatoms. The van der Waals surface area contributed by atoms with Crippen molar-refractivity contribution in [1.29, 1.82) is 0 Å². The molecule has 0 bridgehead atoms. The van der Waals surface area contributed by atoms with Crippen LogP contribution in [0, 0.1) is 12.7 Å². The Morgan fingerprint density at radius 2 is 2.14 bits per heavy atom. The minimum Gasteiger partial charge on any atom is -0.372 e. The second-order valence-corrected chi connectivity index (χ2v) is 4.05. The van der Waals surface area contributed by atoms with Crippen molar-refractivity contribution in [2.45, 2.75) is 6.92 Å². The van der Waals surface area contributed by atoms with Crippen molar-refractivity contribution in [1.82, 2.24) is 0 Å². The first-order chi connectivity index (χ1) is 6.56. The summed E-state index contributed by atoms with van der Waals surface area (Å²) in [6.07, 6.45) is 0. The fraction of sp³-hybridized carbons (Fsp3) is 0.400. The van der Waals surface area contributed by atoms with Gasteiger partial charge in [0.05, 0.1) is 10.7 Å². The number of benzene rings is 1. The Kier molecular flexibility index (Phi) is 4.08. The van der Waals surface area contributed by atoms with Crippen LogP contribution in [-0.2, 0) is 0 Å². The van der Waals surface area contributed by atoms with Crippen molar-refractivity contribution >= 4 is 29.9 Å². The molecule has 14 heavy (non-hydrogen) atoms. The Morgan fingerprint density at radius 3 is 2.71 bits per heavy atom. The zero-order valence-electron chi connectivity index (χ0n) is 8.22. The van der Waals surface area contributed by atoms with Crippen LogP contribution in [0.15, 0.2) is 12.1 Å². The van der Waals surface area contributed by atoms with E-state index in [0.29, 0.717) is 22.0 Å². The van der Waals surface area contributed by atoms with Crippen molar-refractivity contribution in [3.63, 3.8) is 0 Å². The molecule has 0 atom stereocenters. The van der Waals surface area contributed by atoms with Gasteiger partial charge in [0.1, 0.15) is 5.82 Å². The fourth-order valence-corrected chi connectivity index (χ4v) is 1.86. The second kappa shape index (κ2) is 4.89. The lowest BCUT2D eigenvalue weighted by Gasteiger charge is -2.20. The maximum Gasteiger partial charge on any atom is 0.128 e. The average molecular weight is 234 g/mol. The molecule has 1 rings (SSSR count). The summed E-state index contributed by atoms with van der Waals surface area (Å²) in [5, 5.41) is 0.577. The quantitative estimate of drug-likeness (QED) is 0.785. The summed E-state index contributed by atoms with van der Waals surface area (Å²) < 4.78 is 13.3. The van der Waals surface area contributed by atoms with Gasteiger partial charge in [0.25, 0.3) is 0 Å². The Hall–Kier alpha value is -0.410. The molecule has 0 radical (unpaired) electrons. The lowest BCUT2D eigenvalue weighted by molar-refractivity contribution is 0.618. The van der Waals surface area contributed by atoms with Crippen molar-refractivity contribution in [3.05, 3.63) is 28.5 Å². The standard InChI is InChI=1S/C10H13ClFNS/c1-7-5-8(11)10(6-9(7)12)13(2)3-4-14/h5-6,14H,3-4H2,1-2H3. The molecule has 0 aromatic heterocycles. The molecule has 0 saturated carbocycles. The van der Waals surface area contributed by atoms with Gasteiger partial charge < -0.3 is 4.90 Å². The van der Waals surface area contributed by atoms with Gasteiger partial charge in [-0.25, -0.2) is 4.39 Å². The maximum atomic E-state index is 13.3. The van der Waals surface area contributed by atoms with Gasteiger partial charge in [0, 0.05) is 19.3 Å². The Morgan fingerprint density at radius 1 is 1.50 bits per heavy atom. The van der Waals surface area contributed by atoms with E-state index in [4.69, 9.17) is 11.6 Å². The van der Waals surface area contributed by atoms with Crippen molar-refractivity contribution < 1.29 is 4.39 Å². The highest BCUT2D eigenvalue weighted by Crippen LogP contribution is 2.27. The lowest BCUT2D eigenvalue weighted by atomic mass is 10.2. The van der Waals surface area contributed by atoms with Gasteiger partial charge in [-0.05, 0) is 24.6 Å². The Balaban J connectivity index is 3.02. The molecule has 1 aromatic carbocycles. The number of rotatable bonds is 3. The topological polar surface area (TPSA) is 3.24 Å². The minimum atomic E-state index is -0.226. The minimum absolute atomic E-state index is 0.226. The fourth-order valence-electron chi connectivity index (χ4n) is 1.20. The Bertz CT molecular complexity index is 330. The highest BCUT2D eigenvalue weighted by Gasteiger charge is 2.08. The van der Waals surface area contributed by atoms with Crippen molar-refractivity contribution in [2.24, 2.45) is 0 Å². The number of thiol groups is 1. The molecular weight excluding hydrogens is 221 g/mol. The van der Waals surface area contributed by atoms with Crippen LogP contribution in [0.25, 0.3) is 0 Å². The van der Waals surface area contributed by atoms with Gasteiger partial charge in [-0.2, -0.15) is 12.6 Å². The van der Waals surface area contributed by atoms with Crippen molar-refractivity contribution in [2.75, 3.05) is 24.2 Å². The second-order valence-electron chi connectivity index (χ2n) is 3.20. The SMILES string of the molecule is Cc1cc(Cl)c(N(C)CCS)cc1F. The van der Waals surface area contributed by atoms with Gasteiger partial charge in [0.15, 0.2) is 0 Å². The van der Waals surface area contributed by atoms with Gasteiger partial charge >= 0.3 is 0 Å². The number of nitrogens with zero attached hydrogens (tertiary/aromatic N) is 1. The third kappa shape index (κ3) is 2.55. The molecule has 0 N–H and O–H groups in total. The van der Waals surface area contributed by atoms with Crippen LogP contribution in [-0.4, -0.2) is 19.3 Å². The summed E-state index contributed by atoms with van der Waals surface area (Å²) in [6, 6.07) is 3.10. The average Bonchev–Trinajstić information content (AvgIpc) is 2.11. The lowest BCUT2D eigenvalue weighted by Crippen LogP contribution is -2.20. The van der Waals surface area contributed by atoms with E-state index in [2.05, 4.69) is 12.6 Å². The zero-order valence-corrected chi connectivity index (χ0v) is 9.87. The number of aryl methyl sites for hydroxylation is 1. The third-order valence-electron chi connectivity index (χ3n) is 2.07. The van der Waals surface area contributed by atoms with E-state index >= 15 is 0 Å². The highest BCUT2D eigenvalue weighted by molar-refractivity contribution is 7.80. The van der Waals surface area contributed by atoms with Crippen LogP contribution in [0.1, 0.15) is 5.56 Å². The molecular formula is C10H13ClFNS. The molecule has 0 unspecified atom stereocenters. The van der Waals surface area contributed by atoms with E-state index in [-0.39, 0.29) is 5.82 Å². The summed E-state index contributed by atoms with van der Waals surface area (Å²) in [5.41, 5.74) is 1.28. The first-order valence-electron chi connectivity index (χ1n) is 4.34. The smallest absolute Gasteiger partial charge is 0.128 e. The summed E-state index contributed by atoms with van der Waals surface area (Å²) in [4.78, 5) is 1.89. The third-order valence-corrected chi connectivity index (χ3v) is 2.58. The zero-order chi connectivity index (χ0) is 10.7. The van der Waals surface area contributed by atoms with Crippen LogP contribution in [0.5, 0.6) is 0 Å². The molecule has 0 aliphatic heterocycles. The number of hydrogen-bond acceptors (Lipinski definition) is 2. The van der Waals surface area contributed by atoms with E-state index in [1.807, 2.05) is 11.9 Å². The van der Waals surface area contributed by atoms with Crippen LogP contribution >= 0.6 is 24.2 Å². The van der Waals surface area contributed by atoms with E-state index in [9.17, 15) is 4.39 Å². The number of anilines is 1. The van der Waals surface area contributed by atoms with Crippen molar-refractivity contribution in [3.8, 4) is 0 Å². The van der Waals surface area contributed by atoms with Gasteiger partial charge in [0.2, 0.25) is 0 Å². The predicted molar refractivity (Wildman–Crippen MR) is 63.3 cm³/mol. The largest absolute Gasteiger partial charge is 0.372 e. The first kappa shape index (κ1) is 11.7. The van der Waals surface area contributed by atoms with Gasteiger partial charge in [-0.3, -0.25) is 0 Å². The molecule has 0 heterocycles. The molecule has 1 nitrogen and oxygen atoms in total. The highest BCUT2D eigenvalue weighted by atomic mass is 35.5. The summed E-state index contributed by atoms with van der Waals surface area (Å²) in [5.74, 6) is 0.484. The molecule has 0 spiro atoms.